The molecule has 0 aromatic rings. The highest BCUT2D eigenvalue weighted by Crippen LogP contribution is 2.24. The van der Waals surface area contributed by atoms with E-state index in [1.54, 1.807) is 19.0 Å². The molecule has 1 N–H and O–H groups in total. The van der Waals surface area contributed by atoms with Crippen molar-refractivity contribution >= 4 is 15.7 Å². The Hall–Kier alpha value is -0.620. The van der Waals surface area contributed by atoms with Gasteiger partial charge in [0.1, 0.15) is 0 Å². The Morgan fingerprint density at radius 3 is 2.53 bits per heavy atom. The highest BCUT2D eigenvalue weighted by atomic mass is 32.2. The van der Waals surface area contributed by atoms with Gasteiger partial charge in [0, 0.05) is 39.4 Å². The van der Waals surface area contributed by atoms with Crippen molar-refractivity contribution in [1.29, 1.82) is 0 Å². The number of amides is 1. The van der Waals surface area contributed by atoms with E-state index in [2.05, 4.69) is 5.32 Å². The highest BCUT2D eigenvalue weighted by molar-refractivity contribution is 7.91. The van der Waals surface area contributed by atoms with Crippen LogP contribution in [0.3, 0.4) is 0 Å². The second-order valence-corrected chi connectivity index (χ2v) is 7.16. The van der Waals surface area contributed by atoms with Gasteiger partial charge in [-0.15, -0.1) is 0 Å². The van der Waals surface area contributed by atoms with Crippen molar-refractivity contribution in [2.24, 2.45) is 0 Å². The predicted molar refractivity (Wildman–Crippen MR) is 67.6 cm³/mol. The molecule has 1 fully saturated rings. The van der Waals surface area contributed by atoms with E-state index in [4.69, 9.17) is 0 Å². The Kier molecular flexibility index (Phi) is 4.94. The molecule has 17 heavy (non-hydrogen) atoms. The molecule has 6 heteroatoms. The van der Waals surface area contributed by atoms with Gasteiger partial charge in [0.05, 0.1) is 5.25 Å². The van der Waals surface area contributed by atoms with Crippen molar-refractivity contribution in [3.05, 3.63) is 0 Å². The van der Waals surface area contributed by atoms with Crippen LogP contribution >= 0.6 is 0 Å². The van der Waals surface area contributed by atoms with Gasteiger partial charge < -0.3 is 10.2 Å². The minimum atomic E-state index is -2.98. The molecule has 5 nitrogen and oxygen atoms in total. The minimum absolute atomic E-state index is 0.0139. The number of carbonyl (C=O) groups excluding carboxylic acids is 1. The van der Waals surface area contributed by atoms with Crippen LogP contribution in [0.2, 0.25) is 0 Å². The van der Waals surface area contributed by atoms with Gasteiger partial charge in [-0.1, -0.05) is 6.42 Å². The molecule has 1 aliphatic carbocycles. The summed E-state index contributed by atoms with van der Waals surface area (Å²) in [6, 6.07) is 0.0139. The van der Waals surface area contributed by atoms with Crippen LogP contribution in [0.15, 0.2) is 0 Å². The van der Waals surface area contributed by atoms with E-state index in [0.717, 1.165) is 19.3 Å². The fourth-order valence-corrected chi connectivity index (χ4v) is 3.68. The Labute approximate surface area is 103 Å². The predicted octanol–water partition coefficient (Wildman–Crippen LogP) is 0.0200. The van der Waals surface area contributed by atoms with Gasteiger partial charge in [-0.3, -0.25) is 4.79 Å². The van der Waals surface area contributed by atoms with Gasteiger partial charge in [0.2, 0.25) is 5.91 Å². The van der Waals surface area contributed by atoms with E-state index in [0.29, 0.717) is 13.0 Å². The summed E-state index contributed by atoms with van der Waals surface area (Å²) < 4.78 is 23.1. The topological polar surface area (TPSA) is 66.5 Å². The van der Waals surface area contributed by atoms with Gasteiger partial charge in [-0.25, -0.2) is 8.42 Å². The van der Waals surface area contributed by atoms with E-state index < -0.39 is 9.84 Å². The lowest BCUT2D eigenvalue weighted by atomic mass is 10.2. The molecule has 0 aliphatic heterocycles. The van der Waals surface area contributed by atoms with Crippen LogP contribution < -0.4 is 5.32 Å². The summed E-state index contributed by atoms with van der Waals surface area (Å²) in [6.45, 7) is 0.549. The average Bonchev–Trinajstić information content (AvgIpc) is 2.65. The maximum absolute atomic E-state index is 11.5. The first kappa shape index (κ1) is 14.4. The maximum Gasteiger partial charge on any atom is 0.223 e. The molecule has 100 valence electrons. The highest BCUT2D eigenvalue weighted by Gasteiger charge is 2.34. The molecule has 0 saturated heterocycles. The Balaban J connectivity index is 2.39. The lowest BCUT2D eigenvalue weighted by molar-refractivity contribution is -0.128. The second kappa shape index (κ2) is 5.82. The number of carbonyl (C=O) groups is 1. The molecular formula is C11H22N2O3S. The lowest BCUT2D eigenvalue weighted by Crippen LogP contribution is -2.41. The number of sulfone groups is 1. The van der Waals surface area contributed by atoms with Gasteiger partial charge in [0.15, 0.2) is 9.84 Å². The van der Waals surface area contributed by atoms with Crippen molar-refractivity contribution in [3.8, 4) is 0 Å². The summed E-state index contributed by atoms with van der Waals surface area (Å²) in [5, 5.41) is 2.92. The van der Waals surface area contributed by atoms with Crippen LogP contribution in [0, 0.1) is 0 Å². The number of rotatable bonds is 5. The fourth-order valence-electron chi connectivity index (χ4n) is 2.26. The van der Waals surface area contributed by atoms with E-state index in [1.807, 2.05) is 0 Å². The molecule has 0 aromatic heterocycles. The zero-order valence-electron chi connectivity index (χ0n) is 10.8. The summed E-state index contributed by atoms with van der Waals surface area (Å²) in [7, 11) is 0.462. The summed E-state index contributed by atoms with van der Waals surface area (Å²) in [4.78, 5) is 12.9. The molecule has 0 heterocycles. The average molecular weight is 262 g/mol. The van der Waals surface area contributed by atoms with Crippen molar-refractivity contribution < 1.29 is 13.2 Å². The largest absolute Gasteiger partial charge is 0.349 e. The van der Waals surface area contributed by atoms with Crippen molar-refractivity contribution in [2.45, 2.75) is 37.0 Å². The van der Waals surface area contributed by atoms with Gasteiger partial charge in [0.25, 0.3) is 0 Å². The van der Waals surface area contributed by atoms with E-state index in [-0.39, 0.29) is 17.2 Å². The van der Waals surface area contributed by atoms with Crippen molar-refractivity contribution in [2.75, 3.05) is 26.9 Å². The van der Waals surface area contributed by atoms with Crippen molar-refractivity contribution in [3.63, 3.8) is 0 Å². The molecule has 1 rings (SSSR count). The van der Waals surface area contributed by atoms with Crippen LogP contribution in [0.25, 0.3) is 0 Å². The summed E-state index contributed by atoms with van der Waals surface area (Å²) >= 11 is 0. The third-order valence-corrected chi connectivity index (χ3v) is 4.91. The Morgan fingerprint density at radius 1 is 1.35 bits per heavy atom. The van der Waals surface area contributed by atoms with E-state index in [1.165, 1.54) is 6.26 Å². The van der Waals surface area contributed by atoms with E-state index >= 15 is 0 Å². The lowest BCUT2D eigenvalue weighted by Gasteiger charge is -2.19. The molecule has 0 spiro atoms. The summed E-state index contributed by atoms with van der Waals surface area (Å²) in [6.07, 6.45) is 4.27. The Bertz CT molecular complexity index is 365. The fraction of sp³-hybridized carbons (Fsp3) is 0.909. The van der Waals surface area contributed by atoms with Crippen LogP contribution in [0.4, 0.5) is 0 Å². The van der Waals surface area contributed by atoms with E-state index in [9.17, 15) is 13.2 Å². The molecule has 1 amide bonds. The quantitative estimate of drug-likeness (QED) is 0.758. The first-order valence-corrected chi connectivity index (χ1v) is 7.90. The van der Waals surface area contributed by atoms with Gasteiger partial charge in [-0.2, -0.15) is 0 Å². The molecule has 1 saturated carbocycles. The summed E-state index contributed by atoms with van der Waals surface area (Å²) in [5.41, 5.74) is 0. The zero-order valence-corrected chi connectivity index (χ0v) is 11.6. The molecule has 1 aliphatic rings. The molecule has 2 unspecified atom stereocenters. The smallest absolute Gasteiger partial charge is 0.223 e. The number of nitrogens with one attached hydrogen (secondary N) is 1. The maximum atomic E-state index is 11.5. The first-order chi connectivity index (χ1) is 7.82. The molecular weight excluding hydrogens is 240 g/mol. The summed E-state index contributed by atoms with van der Waals surface area (Å²) in [5.74, 6) is 0.0615. The molecule has 0 radical (unpaired) electrons. The number of nitrogens with zero attached hydrogens (tertiary/aromatic N) is 1. The zero-order chi connectivity index (χ0) is 13.1. The monoisotopic (exact) mass is 262 g/mol. The Morgan fingerprint density at radius 2 is 2.00 bits per heavy atom. The first-order valence-electron chi connectivity index (χ1n) is 5.95. The third kappa shape index (κ3) is 4.27. The molecule has 2 atom stereocenters. The SMILES string of the molecule is CN(C)C(=O)CCNC1CCCC1S(C)(=O)=O. The number of hydrogen-bond donors (Lipinski definition) is 1. The van der Waals surface area contributed by atoms with Crippen LogP contribution in [-0.2, 0) is 14.6 Å². The third-order valence-electron chi connectivity index (χ3n) is 3.25. The normalized spacial score (nSPS) is 24.9. The second-order valence-electron chi connectivity index (χ2n) is 4.90. The van der Waals surface area contributed by atoms with Gasteiger partial charge in [-0.05, 0) is 12.8 Å². The van der Waals surface area contributed by atoms with Gasteiger partial charge >= 0.3 is 0 Å². The minimum Gasteiger partial charge on any atom is -0.349 e. The van der Waals surface area contributed by atoms with Crippen LogP contribution in [0.1, 0.15) is 25.7 Å². The van der Waals surface area contributed by atoms with Crippen LogP contribution in [0.5, 0.6) is 0 Å². The van der Waals surface area contributed by atoms with Crippen molar-refractivity contribution in [1.82, 2.24) is 10.2 Å². The number of hydrogen-bond acceptors (Lipinski definition) is 4. The molecule has 0 bridgehead atoms. The van der Waals surface area contributed by atoms with Crippen LogP contribution in [-0.4, -0.2) is 57.4 Å². The standard InChI is InChI=1S/C11H22N2O3S/c1-13(2)11(14)7-8-12-9-5-4-6-10(9)17(3,15)16/h9-10,12H,4-8H2,1-3H3. The molecule has 0 aromatic carbocycles.